The van der Waals surface area contributed by atoms with E-state index < -0.39 is 0 Å². The third-order valence-corrected chi connectivity index (χ3v) is 2.83. The van der Waals surface area contributed by atoms with E-state index in [-0.39, 0.29) is 0 Å². The van der Waals surface area contributed by atoms with Crippen LogP contribution in [0.15, 0.2) is 66.7 Å². The summed E-state index contributed by atoms with van der Waals surface area (Å²) >= 11 is 5.67. The van der Waals surface area contributed by atoms with Crippen molar-refractivity contribution >= 4 is 11.6 Å². The zero-order valence-corrected chi connectivity index (χ0v) is 11.7. The lowest BCUT2D eigenvalue weighted by Crippen LogP contribution is -1.90. The molecule has 0 spiro atoms. The summed E-state index contributed by atoms with van der Waals surface area (Å²) in [7, 11) is 0. The van der Waals surface area contributed by atoms with E-state index in [1.807, 2.05) is 42.5 Å². The average molecular weight is 299 g/mol. The summed E-state index contributed by atoms with van der Waals surface area (Å²) in [5, 5.41) is 7.87. The van der Waals surface area contributed by atoms with E-state index in [4.69, 9.17) is 21.1 Å². The maximum absolute atomic E-state index is 5.70. The summed E-state index contributed by atoms with van der Waals surface area (Å²) in [4.78, 5) is 0. The second kappa shape index (κ2) is 6.24. The predicted molar refractivity (Wildman–Crippen MR) is 80.1 cm³/mol. The van der Waals surface area contributed by atoms with Gasteiger partial charge in [-0.3, -0.25) is 0 Å². The summed E-state index contributed by atoms with van der Waals surface area (Å²) in [5.74, 6) is 2.55. The predicted octanol–water partition coefficient (Wildman–Crippen LogP) is 4.71. The summed E-state index contributed by atoms with van der Waals surface area (Å²) < 4.78 is 11.2. The highest BCUT2D eigenvalue weighted by Gasteiger charge is 2.01. The quantitative estimate of drug-likeness (QED) is 0.699. The number of rotatable bonds is 4. The molecule has 3 rings (SSSR count). The molecular formula is C16H11ClN2O2. The lowest BCUT2D eigenvalue weighted by molar-refractivity contribution is 0.450. The van der Waals surface area contributed by atoms with Gasteiger partial charge in [0.2, 0.25) is 5.88 Å². The van der Waals surface area contributed by atoms with Gasteiger partial charge in [0.25, 0.3) is 0 Å². The van der Waals surface area contributed by atoms with Crippen molar-refractivity contribution in [1.82, 2.24) is 10.2 Å². The van der Waals surface area contributed by atoms with Gasteiger partial charge in [-0.15, -0.1) is 10.2 Å². The molecule has 0 amide bonds. The van der Waals surface area contributed by atoms with Gasteiger partial charge in [-0.25, -0.2) is 0 Å². The van der Waals surface area contributed by atoms with Crippen LogP contribution >= 0.6 is 11.6 Å². The first-order valence-corrected chi connectivity index (χ1v) is 6.67. The summed E-state index contributed by atoms with van der Waals surface area (Å²) in [6, 6.07) is 20.1. The lowest BCUT2D eigenvalue weighted by atomic mass is 10.3. The van der Waals surface area contributed by atoms with E-state index in [0.717, 1.165) is 11.5 Å². The fourth-order valence-corrected chi connectivity index (χ4v) is 1.78. The molecule has 4 nitrogen and oxygen atoms in total. The molecule has 0 aliphatic rings. The highest BCUT2D eigenvalue weighted by Crippen LogP contribution is 2.25. The normalized spacial score (nSPS) is 10.1. The molecule has 0 unspecified atom stereocenters. The molecule has 0 aliphatic carbocycles. The van der Waals surface area contributed by atoms with Crippen LogP contribution in [0.2, 0.25) is 5.15 Å². The highest BCUT2D eigenvalue weighted by molar-refractivity contribution is 6.29. The molecule has 0 fully saturated rings. The molecule has 5 heteroatoms. The minimum atomic E-state index is 0.328. The molecule has 3 aromatic rings. The van der Waals surface area contributed by atoms with Gasteiger partial charge in [0.15, 0.2) is 5.15 Å². The Kier molecular flexibility index (Phi) is 3.98. The Balaban J connectivity index is 1.68. The molecule has 0 bridgehead atoms. The first-order valence-electron chi connectivity index (χ1n) is 6.30. The smallest absolute Gasteiger partial charge is 0.238 e. The first-order chi connectivity index (χ1) is 10.3. The van der Waals surface area contributed by atoms with Crippen molar-refractivity contribution in [3.63, 3.8) is 0 Å². The van der Waals surface area contributed by atoms with Crippen LogP contribution in [0.25, 0.3) is 0 Å². The summed E-state index contributed by atoms with van der Waals surface area (Å²) in [6.45, 7) is 0. The van der Waals surface area contributed by atoms with Gasteiger partial charge in [0.05, 0.1) is 0 Å². The summed E-state index contributed by atoms with van der Waals surface area (Å²) in [5.41, 5.74) is 0. The lowest BCUT2D eigenvalue weighted by Gasteiger charge is -2.07. The fourth-order valence-electron chi connectivity index (χ4n) is 1.68. The minimum Gasteiger partial charge on any atom is -0.457 e. The van der Waals surface area contributed by atoms with Crippen LogP contribution in [0.3, 0.4) is 0 Å². The van der Waals surface area contributed by atoms with Crippen LogP contribution in [-0.2, 0) is 0 Å². The van der Waals surface area contributed by atoms with Gasteiger partial charge in [-0.1, -0.05) is 29.8 Å². The molecule has 0 N–H and O–H groups in total. The third-order valence-electron chi connectivity index (χ3n) is 2.63. The summed E-state index contributed by atoms with van der Waals surface area (Å²) in [6.07, 6.45) is 0. The number of benzene rings is 2. The molecule has 0 saturated carbocycles. The van der Waals surface area contributed by atoms with Crippen molar-refractivity contribution < 1.29 is 9.47 Å². The maximum atomic E-state index is 5.70. The number of ether oxygens (including phenoxy) is 2. The van der Waals surface area contributed by atoms with Crippen molar-refractivity contribution in [3.8, 4) is 23.1 Å². The van der Waals surface area contributed by atoms with Crippen molar-refractivity contribution in [2.24, 2.45) is 0 Å². The van der Waals surface area contributed by atoms with Crippen LogP contribution in [0.4, 0.5) is 0 Å². The molecule has 21 heavy (non-hydrogen) atoms. The molecular weight excluding hydrogens is 288 g/mol. The van der Waals surface area contributed by atoms with Crippen molar-refractivity contribution in [2.45, 2.75) is 0 Å². The molecule has 104 valence electrons. The molecule has 1 aromatic heterocycles. The Morgan fingerprint density at radius 1 is 0.619 bits per heavy atom. The van der Waals surface area contributed by atoms with E-state index in [1.165, 1.54) is 0 Å². The van der Waals surface area contributed by atoms with Gasteiger partial charge < -0.3 is 9.47 Å². The van der Waals surface area contributed by atoms with E-state index >= 15 is 0 Å². The molecule has 0 aliphatic heterocycles. The monoisotopic (exact) mass is 298 g/mol. The average Bonchev–Trinajstić information content (AvgIpc) is 2.53. The van der Waals surface area contributed by atoms with E-state index in [0.29, 0.717) is 16.8 Å². The number of halogens is 1. The van der Waals surface area contributed by atoms with Gasteiger partial charge in [0.1, 0.15) is 17.2 Å². The van der Waals surface area contributed by atoms with Crippen LogP contribution in [0.1, 0.15) is 0 Å². The van der Waals surface area contributed by atoms with Crippen LogP contribution < -0.4 is 9.47 Å². The van der Waals surface area contributed by atoms with Gasteiger partial charge in [0, 0.05) is 6.07 Å². The molecule has 0 saturated heterocycles. The number of para-hydroxylation sites is 1. The second-order valence-electron chi connectivity index (χ2n) is 4.18. The Morgan fingerprint density at radius 2 is 1.24 bits per heavy atom. The van der Waals surface area contributed by atoms with E-state index in [2.05, 4.69) is 10.2 Å². The SMILES string of the molecule is Clc1ccc(Oc2ccc(Oc3ccccc3)cc2)nn1. The molecule has 2 aromatic carbocycles. The first kappa shape index (κ1) is 13.4. The largest absolute Gasteiger partial charge is 0.457 e. The van der Waals surface area contributed by atoms with Gasteiger partial charge in [-0.05, 0) is 42.5 Å². The molecule has 0 atom stereocenters. The number of nitrogens with zero attached hydrogens (tertiary/aromatic N) is 2. The Bertz CT molecular complexity index is 701. The third kappa shape index (κ3) is 3.70. The van der Waals surface area contributed by atoms with Crippen molar-refractivity contribution in [2.75, 3.05) is 0 Å². The Labute approximate surface area is 126 Å². The fraction of sp³-hybridized carbons (Fsp3) is 0. The maximum Gasteiger partial charge on any atom is 0.238 e. The Hall–Kier alpha value is -2.59. The van der Waals surface area contributed by atoms with E-state index in [1.54, 1.807) is 24.3 Å². The number of aromatic nitrogens is 2. The van der Waals surface area contributed by atoms with E-state index in [9.17, 15) is 0 Å². The second-order valence-corrected chi connectivity index (χ2v) is 4.57. The topological polar surface area (TPSA) is 44.2 Å². The van der Waals surface area contributed by atoms with Gasteiger partial charge in [-0.2, -0.15) is 0 Å². The van der Waals surface area contributed by atoms with Crippen LogP contribution in [-0.4, -0.2) is 10.2 Å². The van der Waals surface area contributed by atoms with Crippen molar-refractivity contribution in [3.05, 3.63) is 71.9 Å². The molecule has 0 radical (unpaired) electrons. The van der Waals surface area contributed by atoms with Crippen molar-refractivity contribution in [1.29, 1.82) is 0 Å². The number of hydrogen-bond donors (Lipinski definition) is 0. The Morgan fingerprint density at radius 3 is 1.86 bits per heavy atom. The number of hydrogen-bond acceptors (Lipinski definition) is 4. The minimum absolute atomic E-state index is 0.328. The van der Waals surface area contributed by atoms with Crippen LogP contribution in [0, 0.1) is 0 Å². The van der Waals surface area contributed by atoms with Crippen LogP contribution in [0.5, 0.6) is 23.1 Å². The highest BCUT2D eigenvalue weighted by atomic mass is 35.5. The molecule has 1 heterocycles. The van der Waals surface area contributed by atoms with Gasteiger partial charge >= 0.3 is 0 Å². The zero-order chi connectivity index (χ0) is 14.5. The standard InChI is InChI=1S/C16H11ClN2O2/c17-15-10-11-16(19-18-15)21-14-8-6-13(7-9-14)20-12-4-2-1-3-5-12/h1-11H. The zero-order valence-electron chi connectivity index (χ0n) is 10.9.